The fourth-order valence-corrected chi connectivity index (χ4v) is 1.72. The van der Waals surface area contributed by atoms with Crippen LogP contribution < -0.4 is 0 Å². The zero-order chi connectivity index (χ0) is 11.3. The van der Waals surface area contributed by atoms with Gasteiger partial charge in [0.15, 0.2) is 0 Å². The second-order valence-corrected chi connectivity index (χ2v) is 4.50. The zero-order valence-electron chi connectivity index (χ0n) is 9.36. The topological polar surface area (TPSA) is 37.3 Å². The summed E-state index contributed by atoms with van der Waals surface area (Å²) in [5, 5.41) is 8.58. The minimum absolute atomic E-state index is 0.0662. The van der Waals surface area contributed by atoms with Gasteiger partial charge in [0, 0.05) is 6.42 Å². The van der Waals surface area contributed by atoms with Crippen LogP contribution in [0.2, 0.25) is 0 Å². The Morgan fingerprint density at radius 2 is 1.87 bits per heavy atom. The fraction of sp³-hybridized carbons (Fsp3) is 0.462. The maximum atomic E-state index is 10.4. The molecule has 1 N–H and O–H groups in total. The van der Waals surface area contributed by atoms with E-state index in [0.29, 0.717) is 0 Å². The number of rotatable bonds is 5. The molecule has 0 aliphatic rings. The summed E-state index contributed by atoms with van der Waals surface area (Å²) in [5.74, 6) is -0.709. The van der Waals surface area contributed by atoms with Crippen LogP contribution >= 0.6 is 0 Å². The molecule has 0 aliphatic carbocycles. The van der Waals surface area contributed by atoms with Crippen LogP contribution in [0.4, 0.5) is 0 Å². The molecule has 1 aromatic carbocycles. The van der Waals surface area contributed by atoms with Crippen molar-refractivity contribution in [2.75, 3.05) is 0 Å². The predicted molar refractivity (Wildman–Crippen MR) is 61.0 cm³/mol. The first-order valence-electron chi connectivity index (χ1n) is 5.30. The van der Waals surface area contributed by atoms with Crippen molar-refractivity contribution in [3.05, 3.63) is 35.9 Å². The molecule has 0 amide bonds. The Labute approximate surface area is 90.9 Å². The number of carbonyl (C=O) groups is 1. The lowest BCUT2D eigenvalue weighted by Crippen LogP contribution is -2.17. The molecule has 0 radical (unpaired) electrons. The first kappa shape index (κ1) is 11.8. The van der Waals surface area contributed by atoms with E-state index in [1.807, 2.05) is 18.2 Å². The van der Waals surface area contributed by atoms with Gasteiger partial charge >= 0.3 is 5.97 Å². The van der Waals surface area contributed by atoms with Crippen LogP contribution in [-0.2, 0) is 10.2 Å². The van der Waals surface area contributed by atoms with Gasteiger partial charge in [0.25, 0.3) is 0 Å². The van der Waals surface area contributed by atoms with E-state index in [1.54, 1.807) is 0 Å². The van der Waals surface area contributed by atoms with Gasteiger partial charge in [0.2, 0.25) is 0 Å². The smallest absolute Gasteiger partial charge is 0.303 e. The van der Waals surface area contributed by atoms with E-state index in [4.69, 9.17) is 5.11 Å². The normalized spacial score (nSPS) is 11.3. The lowest BCUT2D eigenvalue weighted by Gasteiger charge is -2.24. The van der Waals surface area contributed by atoms with Crippen molar-refractivity contribution >= 4 is 5.97 Å². The van der Waals surface area contributed by atoms with E-state index in [-0.39, 0.29) is 11.8 Å². The van der Waals surface area contributed by atoms with E-state index in [9.17, 15) is 4.79 Å². The highest BCUT2D eigenvalue weighted by Gasteiger charge is 2.19. The molecular weight excluding hydrogens is 188 g/mol. The first-order valence-corrected chi connectivity index (χ1v) is 5.30. The van der Waals surface area contributed by atoms with Gasteiger partial charge in [0.1, 0.15) is 0 Å². The number of hydrogen-bond acceptors (Lipinski definition) is 1. The molecule has 82 valence electrons. The van der Waals surface area contributed by atoms with Crippen molar-refractivity contribution in [2.45, 2.75) is 38.5 Å². The molecule has 0 fully saturated rings. The second kappa shape index (κ2) is 4.96. The fourth-order valence-electron chi connectivity index (χ4n) is 1.72. The molecule has 0 unspecified atom stereocenters. The van der Waals surface area contributed by atoms with Crippen LogP contribution in [0, 0.1) is 0 Å². The Hall–Kier alpha value is -1.31. The zero-order valence-corrected chi connectivity index (χ0v) is 9.36. The summed E-state index contributed by atoms with van der Waals surface area (Å²) < 4.78 is 0. The monoisotopic (exact) mass is 206 g/mol. The van der Waals surface area contributed by atoms with Gasteiger partial charge in [0.05, 0.1) is 0 Å². The van der Waals surface area contributed by atoms with Crippen molar-refractivity contribution in [3.63, 3.8) is 0 Å². The van der Waals surface area contributed by atoms with Crippen LogP contribution in [0.5, 0.6) is 0 Å². The minimum atomic E-state index is -0.709. The molecule has 2 heteroatoms. The summed E-state index contributed by atoms with van der Waals surface area (Å²) in [4.78, 5) is 10.4. The Kier molecular flexibility index (Phi) is 3.89. The minimum Gasteiger partial charge on any atom is -0.481 e. The summed E-state index contributed by atoms with van der Waals surface area (Å²) in [6.07, 6.45) is 1.90. The molecule has 0 saturated carbocycles. The molecule has 0 bridgehead atoms. The van der Waals surface area contributed by atoms with Gasteiger partial charge in [-0.2, -0.15) is 0 Å². The van der Waals surface area contributed by atoms with E-state index in [0.717, 1.165) is 12.8 Å². The highest BCUT2D eigenvalue weighted by Crippen LogP contribution is 2.28. The van der Waals surface area contributed by atoms with Crippen molar-refractivity contribution in [1.29, 1.82) is 0 Å². The van der Waals surface area contributed by atoms with Gasteiger partial charge in [-0.1, -0.05) is 44.2 Å². The molecule has 1 rings (SSSR count). The molecule has 0 heterocycles. The summed E-state index contributed by atoms with van der Waals surface area (Å²) in [5.41, 5.74) is 1.34. The first-order chi connectivity index (χ1) is 7.02. The molecular formula is C13H18O2. The lowest BCUT2D eigenvalue weighted by molar-refractivity contribution is -0.137. The Morgan fingerprint density at radius 3 is 2.40 bits per heavy atom. The Morgan fingerprint density at radius 1 is 1.27 bits per heavy atom. The number of carboxylic acid groups (broad SMARTS) is 1. The molecule has 0 atom stereocenters. The standard InChI is InChI=1S/C13H18O2/c1-13(2,10-6-9-12(14)15)11-7-4-3-5-8-11/h3-5,7-8H,6,9-10H2,1-2H3,(H,14,15). The van der Waals surface area contributed by atoms with Gasteiger partial charge in [-0.15, -0.1) is 0 Å². The molecule has 15 heavy (non-hydrogen) atoms. The van der Waals surface area contributed by atoms with Crippen LogP contribution in [-0.4, -0.2) is 11.1 Å². The third kappa shape index (κ3) is 3.74. The lowest BCUT2D eigenvalue weighted by atomic mass is 9.80. The highest BCUT2D eigenvalue weighted by molar-refractivity contribution is 5.66. The molecule has 0 aliphatic heterocycles. The average Bonchev–Trinajstić information content (AvgIpc) is 2.18. The molecule has 0 aromatic heterocycles. The third-order valence-corrected chi connectivity index (χ3v) is 2.75. The maximum Gasteiger partial charge on any atom is 0.303 e. The highest BCUT2D eigenvalue weighted by atomic mass is 16.4. The van der Waals surface area contributed by atoms with E-state index in [2.05, 4.69) is 26.0 Å². The molecule has 2 nitrogen and oxygen atoms in total. The number of hydrogen-bond donors (Lipinski definition) is 1. The van der Waals surface area contributed by atoms with Crippen molar-refractivity contribution < 1.29 is 9.90 Å². The summed E-state index contributed by atoms with van der Waals surface area (Å²) >= 11 is 0. The maximum absolute atomic E-state index is 10.4. The van der Waals surface area contributed by atoms with Gasteiger partial charge in [-0.3, -0.25) is 4.79 Å². The van der Waals surface area contributed by atoms with Crippen LogP contribution in [0.25, 0.3) is 0 Å². The quantitative estimate of drug-likeness (QED) is 0.803. The van der Waals surface area contributed by atoms with Crippen molar-refractivity contribution in [1.82, 2.24) is 0 Å². The van der Waals surface area contributed by atoms with E-state index in [1.165, 1.54) is 5.56 Å². The van der Waals surface area contributed by atoms with Crippen molar-refractivity contribution in [3.8, 4) is 0 Å². The Balaban J connectivity index is 2.56. The predicted octanol–water partition coefficient (Wildman–Crippen LogP) is 3.22. The van der Waals surface area contributed by atoms with Crippen molar-refractivity contribution in [2.24, 2.45) is 0 Å². The average molecular weight is 206 g/mol. The molecule has 0 saturated heterocycles. The van der Waals surface area contributed by atoms with Gasteiger partial charge < -0.3 is 5.11 Å². The molecule has 1 aromatic rings. The molecule has 0 spiro atoms. The number of benzene rings is 1. The third-order valence-electron chi connectivity index (χ3n) is 2.75. The van der Waals surface area contributed by atoms with Crippen LogP contribution in [0.15, 0.2) is 30.3 Å². The van der Waals surface area contributed by atoms with Crippen LogP contribution in [0.1, 0.15) is 38.7 Å². The number of aliphatic carboxylic acids is 1. The van der Waals surface area contributed by atoms with Gasteiger partial charge in [-0.05, 0) is 23.8 Å². The summed E-state index contributed by atoms with van der Waals surface area (Å²) in [6.45, 7) is 4.31. The van der Waals surface area contributed by atoms with Gasteiger partial charge in [-0.25, -0.2) is 0 Å². The SMILES string of the molecule is CC(C)(CCCC(=O)O)c1ccccc1. The second-order valence-electron chi connectivity index (χ2n) is 4.50. The van der Waals surface area contributed by atoms with E-state index < -0.39 is 5.97 Å². The summed E-state index contributed by atoms with van der Waals surface area (Å²) in [7, 11) is 0. The van der Waals surface area contributed by atoms with Crippen LogP contribution in [0.3, 0.4) is 0 Å². The number of carboxylic acids is 1. The summed E-state index contributed by atoms with van der Waals surface area (Å²) in [6, 6.07) is 10.2. The van der Waals surface area contributed by atoms with E-state index >= 15 is 0 Å². The largest absolute Gasteiger partial charge is 0.481 e. The Bertz CT molecular complexity index is 315.